The molecule has 0 radical (unpaired) electrons. The van der Waals surface area contributed by atoms with Crippen LogP contribution in [0.15, 0.2) is 30.7 Å². The lowest BCUT2D eigenvalue weighted by molar-refractivity contribution is -0.207. The van der Waals surface area contributed by atoms with Gasteiger partial charge in [0, 0.05) is 17.1 Å². The highest BCUT2D eigenvalue weighted by molar-refractivity contribution is 5.78. The molecule has 3 aromatic rings. The summed E-state index contributed by atoms with van der Waals surface area (Å²) in [6, 6.07) is 3.81. The molecule has 0 aliphatic carbocycles. The number of halogens is 2. The SMILES string of the molecule is Cc1ncnc2c1ccn2[C@@H]1O[C@H](C(O)c2ccc(F)c(F)c2O)[C@H]2OC(C)(C)O[C@H]21. The average Bonchev–Trinajstić information content (AvgIpc) is 3.37. The summed E-state index contributed by atoms with van der Waals surface area (Å²) in [4.78, 5) is 8.53. The third-order valence-electron chi connectivity index (χ3n) is 5.78. The molecule has 2 aliphatic heterocycles. The van der Waals surface area contributed by atoms with Gasteiger partial charge in [-0.05, 0) is 39.0 Å². The third-order valence-corrected chi connectivity index (χ3v) is 5.78. The first kappa shape index (κ1) is 20.3. The number of hydrogen-bond donors (Lipinski definition) is 2. The summed E-state index contributed by atoms with van der Waals surface area (Å²) in [6.45, 7) is 5.34. The van der Waals surface area contributed by atoms with E-state index >= 15 is 0 Å². The van der Waals surface area contributed by atoms with Crippen LogP contribution in [0.3, 0.4) is 0 Å². The van der Waals surface area contributed by atoms with Crippen LogP contribution in [0.5, 0.6) is 5.75 Å². The second-order valence-electron chi connectivity index (χ2n) is 8.22. The summed E-state index contributed by atoms with van der Waals surface area (Å²) < 4.78 is 47.3. The van der Waals surface area contributed by atoms with Gasteiger partial charge in [0.05, 0.1) is 5.69 Å². The molecule has 5 rings (SSSR count). The maximum absolute atomic E-state index is 13.9. The van der Waals surface area contributed by atoms with E-state index in [0.29, 0.717) is 5.65 Å². The fourth-order valence-electron chi connectivity index (χ4n) is 4.36. The molecule has 2 N–H and O–H groups in total. The van der Waals surface area contributed by atoms with E-state index in [1.807, 2.05) is 13.0 Å². The zero-order valence-corrected chi connectivity index (χ0v) is 17.0. The maximum atomic E-state index is 13.9. The Morgan fingerprint density at radius 3 is 2.65 bits per heavy atom. The molecule has 8 nitrogen and oxygen atoms in total. The fourth-order valence-corrected chi connectivity index (χ4v) is 4.36. The molecule has 0 spiro atoms. The molecule has 2 fully saturated rings. The first-order chi connectivity index (χ1) is 14.7. The van der Waals surface area contributed by atoms with Crippen molar-refractivity contribution in [1.82, 2.24) is 14.5 Å². The van der Waals surface area contributed by atoms with E-state index in [1.165, 1.54) is 6.33 Å². The molecule has 1 unspecified atom stereocenters. The molecule has 5 atom stereocenters. The smallest absolute Gasteiger partial charge is 0.200 e. The number of phenolic OH excluding ortho intramolecular Hbond substituents is 1. The van der Waals surface area contributed by atoms with Crippen LogP contribution < -0.4 is 0 Å². The maximum Gasteiger partial charge on any atom is 0.200 e. The second kappa shape index (κ2) is 6.92. The lowest BCUT2D eigenvalue weighted by atomic mass is 9.98. The zero-order valence-electron chi connectivity index (χ0n) is 17.0. The third kappa shape index (κ3) is 3.09. The monoisotopic (exact) mass is 433 g/mol. The number of hydrogen-bond acceptors (Lipinski definition) is 7. The number of aryl methyl sites for hydroxylation is 1. The summed E-state index contributed by atoms with van der Waals surface area (Å²) in [6.07, 6.45) is -1.35. The molecule has 2 aliphatic rings. The average molecular weight is 433 g/mol. The Bertz CT molecular complexity index is 1170. The Morgan fingerprint density at radius 2 is 1.87 bits per heavy atom. The van der Waals surface area contributed by atoms with E-state index in [1.54, 1.807) is 24.6 Å². The summed E-state index contributed by atoms with van der Waals surface area (Å²) in [5, 5.41) is 21.8. The van der Waals surface area contributed by atoms with Crippen LogP contribution >= 0.6 is 0 Å². The predicted molar refractivity (Wildman–Crippen MR) is 103 cm³/mol. The highest BCUT2D eigenvalue weighted by Crippen LogP contribution is 2.48. The second-order valence-corrected chi connectivity index (χ2v) is 8.22. The van der Waals surface area contributed by atoms with Crippen LogP contribution in [-0.4, -0.2) is 48.8 Å². The number of nitrogens with zero attached hydrogens (tertiary/aromatic N) is 3. The number of benzene rings is 1. The van der Waals surface area contributed by atoms with E-state index in [0.717, 1.165) is 23.2 Å². The number of aromatic hydroxyl groups is 1. The van der Waals surface area contributed by atoms with Crippen molar-refractivity contribution >= 4 is 11.0 Å². The summed E-state index contributed by atoms with van der Waals surface area (Å²) >= 11 is 0. The first-order valence-corrected chi connectivity index (χ1v) is 9.82. The normalized spacial score (nSPS) is 28.2. The Kier molecular flexibility index (Phi) is 4.52. The molecule has 0 saturated carbocycles. The number of aliphatic hydroxyl groups is 1. The van der Waals surface area contributed by atoms with Gasteiger partial charge in [0.25, 0.3) is 0 Å². The van der Waals surface area contributed by atoms with Crippen LogP contribution in [-0.2, 0) is 14.2 Å². The van der Waals surface area contributed by atoms with Crippen molar-refractivity contribution in [1.29, 1.82) is 0 Å². The van der Waals surface area contributed by atoms with Gasteiger partial charge in [-0.3, -0.25) is 0 Å². The Balaban J connectivity index is 1.55. The van der Waals surface area contributed by atoms with Gasteiger partial charge >= 0.3 is 0 Å². The Labute approximate surface area is 176 Å². The van der Waals surface area contributed by atoms with Crippen molar-refractivity contribution in [2.24, 2.45) is 0 Å². The van der Waals surface area contributed by atoms with Gasteiger partial charge in [-0.15, -0.1) is 0 Å². The van der Waals surface area contributed by atoms with E-state index < -0.39 is 53.8 Å². The standard InChI is InChI=1S/C21H21F2N3O5/c1-9-10-6-7-26(19(10)25-8-24-9)20-18-17(30-21(2,3)31-18)16(29-20)15(28)11-4-5-12(22)13(23)14(11)27/h4-8,15-18,20,27-28H,1-3H3/t15?,16-,17-,18-,20-/m1/s1. The van der Waals surface area contributed by atoms with Gasteiger partial charge in [-0.25, -0.2) is 14.4 Å². The Hall–Kier alpha value is -2.66. The topological polar surface area (TPSA) is 98.9 Å². The molecule has 10 heteroatoms. The van der Waals surface area contributed by atoms with Crippen molar-refractivity contribution in [3.8, 4) is 5.75 Å². The van der Waals surface area contributed by atoms with E-state index in [9.17, 15) is 19.0 Å². The molecule has 0 bridgehead atoms. The number of aromatic nitrogens is 3. The summed E-state index contributed by atoms with van der Waals surface area (Å²) in [5.41, 5.74) is 1.22. The van der Waals surface area contributed by atoms with Gasteiger partial charge in [-0.1, -0.05) is 0 Å². The highest BCUT2D eigenvalue weighted by atomic mass is 19.2. The molecule has 31 heavy (non-hydrogen) atoms. The van der Waals surface area contributed by atoms with Crippen molar-refractivity contribution in [3.05, 3.63) is 53.6 Å². The summed E-state index contributed by atoms with van der Waals surface area (Å²) in [5.74, 6) is -4.58. The van der Waals surface area contributed by atoms with Crippen LogP contribution in [0, 0.1) is 18.6 Å². The minimum absolute atomic E-state index is 0.202. The largest absolute Gasteiger partial charge is 0.504 e. The number of aliphatic hydroxyl groups excluding tert-OH is 1. The van der Waals surface area contributed by atoms with Crippen LogP contribution in [0.1, 0.15) is 37.4 Å². The number of fused-ring (bicyclic) bond motifs is 2. The van der Waals surface area contributed by atoms with E-state index in [2.05, 4.69) is 9.97 Å². The van der Waals surface area contributed by atoms with Crippen molar-refractivity contribution in [2.75, 3.05) is 0 Å². The minimum atomic E-state index is -1.50. The molecule has 164 valence electrons. The lowest BCUT2D eigenvalue weighted by Crippen LogP contribution is -2.34. The number of rotatable bonds is 3. The van der Waals surface area contributed by atoms with E-state index in [4.69, 9.17) is 14.2 Å². The van der Waals surface area contributed by atoms with Gasteiger partial charge < -0.3 is 29.0 Å². The molecule has 2 aromatic heterocycles. The van der Waals surface area contributed by atoms with Crippen LogP contribution in [0.4, 0.5) is 8.78 Å². The number of ether oxygens (including phenoxy) is 3. The number of phenols is 1. The first-order valence-electron chi connectivity index (χ1n) is 9.82. The van der Waals surface area contributed by atoms with Gasteiger partial charge in [-0.2, -0.15) is 4.39 Å². The highest BCUT2D eigenvalue weighted by Gasteiger charge is 2.58. The van der Waals surface area contributed by atoms with Crippen LogP contribution in [0.2, 0.25) is 0 Å². The molecule has 1 aromatic carbocycles. The zero-order chi connectivity index (χ0) is 22.1. The van der Waals surface area contributed by atoms with Crippen molar-refractivity contribution in [2.45, 2.75) is 57.2 Å². The predicted octanol–water partition coefficient (Wildman–Crippen LogP) is 2.87. The molecular weight excluding hydrogens is 412 g/mol. The minimum Gasteiger partial charge on any atom is -0.504 e. The Morgan fingerprint density at radius 1 is 1.13 bits per heavy atom. The van der Waals surface area contributed by atoms with Crippen LogP contribution in [0.25, 0.3) is 11.0 Å². The van der Waals surface area contributed by atoms with Crippen molar-refractivity contribution < 1.29 is 33.2 Å². The van der Waals surface area contributed by atoms with Gasteiger partial charge in [0.2, 0.25) is 5.82 Å². The molecular formula is C21H21F2N3O5. The fraction of sp³-hybridized carbons (Fsp3) is 0.429. The molecule has 2 saturated heterocycles. The quantitative estimate of drug-likeness (QED) is 0.655. The van der Waals surface area contributed by atoms with Gasteiger partial charge in [0.1, 0.15) is 36.4 Å². The van der Waals surface area contributed by atoms with Gasteiger partial charge in [0.15, 0.2) is 23.6 Å². The molecule has 4 heterocycles. The lowest BCUT2D eigenvalue weighted by Gasteiger charge is -2.27. The van der Waals surface area contributed by atoms with E-state index in [-0.39, 0.29) is 5.56 Å². The molecule has 0 amide bonds. The van der Waals surface area contributed by atoms with Crippen molar-refractivity contribution in [3.63, 3.8) is 0 Å². The summed E-state index contributed by atoms with van der Waals surface area (Å²) in [7, 11) is 0.